The van der Waals surface area contributed by atoms with E-state index >= 15 is 0 Å². The predicted octanol–water partition coefficient (Wildman–Crippen LogP) is 10.2. The van der Waals surface area contributed by atoms with E-state index in [-0.39, 0.29) is 5.41 Å². The number of imidazole rings is 1. The highest BCUT2D eigenvalue weighted by molar-refractivity contribution is 6.62. The van der Waals surface area contributed by atoms with E-state index in [4.69, 9.17) is 14.3 Å². The van der Waals surface area contributed by atoms with E-state index in [1.54, 1.807) is 0 Å². The molecule has 0 spiro atoms. The Morgan fingerprint density at radius 3 is 1.80 bits per heavy atom. The molecule has 0 atom stereocenters. The van der Waals surface area contributed by atoms with Gasteiger partial charge in [-0.3, -0.25) is 4.57 Å². The lowest BCUT2D eigenvalue weighted by Crippen LogP contribution is -2.41. The Balaban J connectivity index is 1.66. The molecular formula is C41H49BN2O2. The molecule has 5 aromatic rings. The molecule has 0 saturated carbocycles. The Kier molecular flexibility index (Phi) is 8.10. The van der Waals surface area contributed by atoms with Gasteiger partial charge < -0.3 is 9.31 Å². The van der Waals surface area contributed by atoms with Crippen LogP contribution in [0.25, 0.3) is 39.2 Å². The minimum absolute atomic E-state index is 0.0885. The third kappa shape index (κ3) is 5.73. The first-order valence-electron chi connectivity index (χ1n) is 16.8. The predicted molar refractivity (Wildman–Crippen MR) is 195 cm³/mol. The molecule has 4 aromatic carbocycles. The summed E-state index contributed by atoms with van der Waals surface area (Å²) >= 11 is 0. The Morgan fingerprint density at radius 2 is 1.24 bits per heavy atom. The van der Waals surface area contributed by atoms with E-state index in [0.29, 0.717) is 11.8 Å². The van der Waals surface area contributed by atoms with Gasteiger partial charge in [0.05, 0.1) is 27.9 Å². The molecule has 238 valence electrons. The first-order chi connectivity index (χ1) is 21.6. The molecule has 0 N–H and O–H groups in total. The molecule has 2 heterocycles. The summed E-state index contributed by atoms with van der Waals surface area (Å²) in [5, 5.41) is 0. The van der Waals surface area contributed by atoms with Crippen LogP contribution >= 0.6 is 0 Å². The van der Waals surface area contributed by atoms with Gasteiger partial charge in [0.15, 0.2) is 0 Å². The maximum absolute atomic E-state index is 6.59. The smallest absolute Gasteiger partial charge is 0.399 e. The standard InChI is InChI=1S/C41H49BN2O2/c1-26(2)33-23-29(28-17-13-12-14-18-28)24-34(27(3)4)37(33)44-36-20-16-15-19-35(36)43-38(44)30-21-31(39(5,6)7)25-32(22-30)42-45-40(8,9)41(10,11)46-42/h12-27H,1-11H3. The highest BCUT2D eigenvalue weighted by atomic mass is 16.7. The molecule has 1 saturated heterocycles. The lowest BCUT2D eigenvalue weighted by Gasteiger charge is -2.32. The van der Waals surface area contributed by atoms with Crippen molar-refractivity contribution in [2.24, 2.45) is 0 Å². The molecule has 1 fully saturated rings. The zero-order valence-corrected chi connectivity index (χ0v) is 29.5. The monoisotopic (exact) mass is 612 g/mol. The molecule has 6 rings (SSSR count). The Bertz CT molecular complexity index is 1850. The molecule has 0 amide bonds. The fourth-order valence-corrected chi connectivity index (χ4v) is 6.39. The third-order valence-corrected chi connectivity index (χ3v) is 9.91. The fraction of sp³-hybridized carbons (Fsp3) is 0.390. The van der Waals surface area contributed by atoms with Gasteiger partial charge >= 0.3 is 7.12 Å². The van der Waals surface area contributed by atoms with Crippen molar-refractivity contribution in [3.05, 3.63) is 102 Å². The van der Waals surface area contributed by atoms with Gasteiger partial charge in [-0.15, -0.1) is 0 Å². The van der Waals surface area contributed by atoms with Crippen molar-refractivity contribution >= 4 is 23.6 Å². The second-order valence-electron chi connectivity index (χ2n) is 15.6. The van der Waals surface area contributed by atoms with E-state index in [2.05, 4.69) is 166 Å². The lowest BCUT2D eigenvalue weighted by molar-refractivity contribution is 0.00578. The fourth-order valence-electron chi connectivity index (χ4n) is 6.39. The molecule has 0 unspecified atom stereocenters. The van der Waals surface area contributed by atoms with Crippen LogP contribution in [0.15, 0.2) is 84.9 Å². The van der Waals surface area contributed by atoms with Crippen molar-refractivity contribution in [2.45, 2.75) is 105 Å². The van der Waals surface area contributed by atoms with Gasteiger partial charge in [0.2, 0.25) is 0 Å². The summed E-state index contributed by atoms with van der Waals surface area (Å²) in [5.74, 6) is 1.53. The summed E-state index contributed by atoms with van der Waals surface area (Å²) in [4.78, 5) is 5.37. The summed E-state index contributed by atoms with van der Waals surface area (Å²) in [6.07, 6.45) is 0. The molecule has 5 heteroatoms. The van der Waals surface area contributed by atoms with Gasteiger partial charge in [-0.2, -0.15) is 0 Å². The maximum atomic E-state index is 6.59. The zero-order valence-electron chi connectivity index (χ0n) is 29.5. The summed E-state index contributed by atoms with van der Waals surface area (Å²) in [6.45, 7) is 24.4. The minimum atomic E-state index is -0.466. The van der Waals surface area contributed by atoms with Crippen molar-refractivity contribution in [1.29, 1.82) is 0 Å². The van der Waals surface area contributed by atoms with Crippen molar-refractivity contribution in [2.75, 3.05) is 0 Å². The molecule has 46 heavy (non-hydrogen) atoms. The Labute approximate surface area is 276 Å². The van der Waals surface area contributed by atoms with E-state index in [0.717, 1.165) is 27.9 Å². The molecule has 0 aliphatic carbocycles. The highest BCUT2D eigenvalue weighted by Gasteiger charge is 2.52. The van der Waals surface area contributed by atoms with Gasteiger partial charge in [0.1, 0.15) is 5.82 Å². The lowest BCUT2D eigenvalue weighted by atomic mass is 9.74. The van der Waals surface area contributed by atoms with E-state index in [1.165, 1.54) is 33.5 Å². The largest absolute Gasteiger partial charge is 0.494 e. The zero-order chi connectivity index (χ0) is 33.2. The minimum Gasteiger partial charge on any atom is -0.399 e. The number of fused-ring (bicyclic) bond motifs is 1. The van der Waals surface area contributed by atoms with Crippen LogP contribution in [0.4, 0.5) is 0 Å². The van der Waals surface area contributed by atoms with Gasteiger partial charge in [0, 0.05) is 5.56 Å². The van der Waals surface area contributed by atoms with Crippen LogP contribution in [0.2, 0.25) is 0 Å². The van der Waals surface area contributed by atoms with Crippen LogP contribution in [0, 0.1) is 0 Å². The van der Waals surface area contributed by atoms with Crippen molar-refractivity contribution in [3.8, 4) is 28.2 Å². The molecule has 0 bridgehead atoms. The van der Waals surface area contributed by atoms with Gasteiger partial charge in [-0.1, -0.05) is 103 Å². The van der Waals surface area contributed by atoms with Crippen molar-refractivity contribution in [1.82, 2.24) is 9.55 Å². The number of aromatic nitrogens is 2. The topological polar surface area (TPSA) is 36.3 Å². The van der Waals surface area contributed by atoms with Crippen LogP contribution in [0.5, 0.6) is 0 Å². The van der Waals surface area contributed by atoms with Gasteiger partial charge in [-0.05, 0) is 109 Å². The number of nitrogens with zero attached hydrogens (tertiary/aromatic N) is 2. The summed E-state index contributed by atoms with van der Waals surface area (Å²) in [7, 11) is -0.466. The molecule has 1 aliphatic heterocycles. The van der Waals surface area contributed by atoms with E-state index < -0.39 is 18.3 Å². The van der Waals surface area contributed by atoms with Crippen LogP contribution in [-0.2, 0) is 14.7 Å². The number of para-hydroxylation sites is 2. The second-order valence-corrected chi connectivity index (χ2v) is 15.6. The van der Waals surface area contributed by atoms with Crippen LogP contribution in [-0.4, -0.2) is 27.9 Å². The van der Waals surface area contributed by atoms with Crippen molar-refractivity contribution < 1.29 is 9.31 Å². The first kappa shape index (κ1) is 32.3. The molecule has 1 aromatic heterocycles. The average Bonchev–Trinajstić information content (AvgIpc) is 3.49. The highest BCUT2D eigenvalue weighted by Crippen LogP contribution is 2.41. The third-order valence-electron chi connectivity index (χ3n) is 9.91. The normalized spacial score (nSPS) is 16.2. The summed E-state index contributed by atoms with van der Waals surface area (Å²) < 4.78 is 15.6. The number of hydrogen-bond acceptors (Lipinski definition) is 3. The maximum Gasteiger partial charge on any atom is 0.494 e. The molecular weight excluding hydrogens is 563 g/mol. The average molecular weight is 613 g/mol. The molecule has 0 radical (unpaired) electrons. The van der Waals surface area contributed by atoms with Gasteiger partial charge in [-0.25, -0.2) is 4.98 Å². The Morgan fingerprint density at radius 1 is 0.674 bits per heavy atom. The van der Waals surface area contributed by atoms with Crippen LogP contribution in [0.1, 0.15) is 105 Å². The number of rotatable bonds is 6. The quantitative estimate of drug-likeness (QED) is 0.179. The first-order valence-corrected chi connectivity index (χ1v) is 16.8. The van der Waals surface area contributed by atoms with E-state index in [1.807, 2.05) is 0 Å². The molecule has 4 nitrogen and oxygen atoms in total. The second kappa shape index (κ2) is 11.5. The number of hydrogen-bond donors (Lipinski definition) is 0. The number of benzene rings is 4. The summed E-state index contributed by atoms with van der Waals surface area (Å²) in [5.41, 5.74) is 10.8. The van der Waals surface area contributed by atoms with Gasteiger partial charge in [0.25, 0.3) is 0 Å². The van der Waals surface area contributed by atoms with Crippen LogP contribution in [0.3, 0.4) is 0 Å². The Hall–Kier alpha value is -3.67. The SMILES string of the molecule is CC(C)c1cc(-c2ccccc2)cc(C(C)C)c1-n1c(-c2cc(B3OC(C)(C)C(C)(C)O3)cc(C(C)(C)C)c2)nc2ccccc21. The molecule has 1 aliphatic rings. The van der Waals surface area contributed by atoms with Crippen LogP contribution < -0.4 is 5.46 Å². The van der Waals surface area contributed by atoms with E-state index in [9.17, 15) is 0 Å². The van der Waals surface area contributed by atoms with Crippen molar-refractivity contribution in [3.63, 3.8) is 0 Å². The summed E-state index contributed by atoms with van der Waals surface area (Å²) in [6, 6.07) is 30.8.